The first-order chi connectivity index (χ1) is 8.12. The van der Waals surface area contributed by atoms with Crippen LogP contribution in [0, 0.1) is 5.92 Å². The monoisotopic (exact) mass is 245 g/mol. The molecule has 1 heterocycles. The van der Waals surface area contributed by atoms with Gasteiger partial charge in [-0.15, -0.1) is 0 Å². The number of hydrogen-bond acceptors (Lipinski definition) is 5. The van der Waals surface area contributed by atoms with Gasteiger partial charge in [0.15, 0.2) is 0 Å². The van der Waals surface area contributed by atoms with E-state index in [1.807, 2.05) is 6.92 Å². The van der Waals surface area contributed by atoms with Crippen LogP contribution in [-0.4, -0.2) is 51.6 Å². The molecule has 1 aliphatic rings. The molecule has 1 saturated heterocycles. The number of rotatable bonds is 7. The first-order valence-electron chi connectivity index (χ1n) is 6.11. The van der Waals surface area contributed by atoms with E-state index < -0.39 is 5.54 Å². The zero-order valence-corrected chi connectivity index (χ0v) is 11.0. The third kappa shape index (κ3) is 4.26. The topological polar surface area (TPSA) is 56.8 Å². The Labute approximate surface area is 103 Å². The molecule has 0 aromatic rings. The minimum absolute atomic E-state index is 0.290. The lowest BCUT2D eigenvalue weighted by atomic mass is 10.0. The summed E-state index contributed by atoms with van der Waals surface area (Å²) in [6.07, 6.45) is 1.04. The summed E-state index contributed by atoms with van der Waals surface area (Å²) < 4.78 is 15.7. The Morgan fingerprint density at radius 3 is 2.88 bits per heavy atom. The molecule has 5 nitrogen and oxygen atoms in total. The predicted molar refractivity (Wildman–Crippen MR) is 63.8 cm³/mol. The Morgan fingerprint density at radius 2 is 2.35 bits per heavy atom. The molecule has 5 heteroatoms. The number of methoxy groups -OCH3 is 1. The van der Waals surface area contributed by atoms with Gasteiger partial charge in [0.05, 0.1) is 26.9 Å². The molecule has 0 amide bonds. The summed E-state index contributed by atoms with van der Waals surface area (Å²) in [7, 11) is 1.39. The molecule has 1 rings (SSSR count). The van der Waals surface area contributed by atoms with Crippen molar-refractivity contribution < 1.29 is 19.0 Å². The van der Waals surface area contributed by atoms with Gasteiger partial charge in [-0.25, -0.2) is 4.79 Å². The van der Waals surface area contributed by atoms with Crippen molar-refractivity contribution in [3.05, 3.63) is 0 Å². The van der Waals surface area contributed by atoms with Crippen molar-refractivity contribution in [1.29, 1.82) is 0 Å². The SMILES string of the molecule is CCNC(C)(COCC1CCOC1)C(=O)OC. The van der Waals surface area contributed by atoms with E-state index in [-0.39, 0.29) is 5.97 Å². The van der Waals surface area contributed by atoms with Crippen LogP contribution in [0.15, 0.2) is 0 Å². The molecule has 0 aromatic heterocycles. The molecule has 0 spiro atoms. The van der Waals surface area contributed by atoms with Crippen LogP contribution in [0.2, 0.25) is 0 Å². The van der Waals surface area contributed by atoms with Gasteiger partial charge in [0.25, 0.3) is 0 Å². The van der Waals surface area contributed by atoms with Crippen LogP contribution < -0.4 is 5.32 Å². The maximum atomic E-state index is 11.7. The molecule has 0 radical (unpaired) electrons. The largest absolute Gasteiger partial charge is 0.468 e. The summed E-state index contributed by atoms with van der Waals surface area (Å²) in [5.41, 5.74) is -0.761. The predicted octanol–water partition coefficient (Wildman–Crippen LogP) is 0.581. The summed E-state index contributed by atoms with van der Waals surface area (Å²) in [5, 5.41) is 3.10. The van der Waals surface area contributed by atoms with Crippen LogP contribution >= 0.6 is 0 Å². The van der Waals surface area contributed by atoms with E-state index in [2.05, 4.69) is 5.32 Å². The summed E-state index contributed by atoms with van der Waals surface area (Å²) >= 11 is 0. The first kappa shape index (κ1) is 14.4. The van der Waals surface area contributed by atoms with Gasteiger partial charge in [-0.05, 0) is 19.9 Å². The highest BCUT2D eigenvalue weighted by Gasteiger charge is 2.34. The fourth-order valence-corrected chi connectivity index (χ4v) is 1.94. The fraction of sp³-hybridized carbons (Fsp3) is 0.917. The number of carbonyl (C=O) groups is 1. The van der Waals surface area contributed by atoms with Crippen LogP contribution in [0.1, 0.15) is 20.3 Å². The zero-order valence-electron chi connectivity index (χ0n) is 11.0. The van der Waals surface area contributed by atoms with E-state index in [0.717, 1.165) is 19.6 Å². The fourth-order valence-electron chi connectivity index (χ4n) is 1.94. The molecule has 0 bridgehead atoms. The van der Waals surface area contributed by atoms with Crippen molar-refractivity contribution in [1.82, 2.24) is 5.32 Å². The van der Waals surface area contributed by atoms with E-state index in [1.54, 1.807) is 6.92 Å². The number of nitrogens with one attached hydrogen (secondary N) is 1. The maximum absolute atomic E-state index is 11.7. The van der Waals surface area contributed by atoms with Crippen molar-refractivity contribution in [3.8, 4) is 0 Å². The van der Waals surface area contributed by atoms with E-state index in [0.29, 0.717) is 25.7 Å². The minimum Gasteiger partial charge on any atom is -0.468 e. The second kappa shape index (κ2) is 6.93. The van der Waals surface area contributed by atoms with Crippen molar-refractivity contribution in [3.63, 3.8) is 0 Å². The molecule has 0 aliphatic carbocycles. The van der Waals surface area contributed by atoms with Gasteiger partial charge in [0.2, 0.25) is 0 Å². The van der Waals surface area contributed by atoms with Crippen LogP contribution in [0.5, 0.6) is 0 Å². The van der Waals surface area contributed by atoms with E-state index in [4.69, 9.17) is 14.2 Å². The van der Waals surface area contributed by atoms with Crippen molar-refractivity contribution in [2.24, 2.45) is 5.92 Å². The maximum Gasteiger partial charge on any atom is 0.328 e. The second-order valence-electron chi connectivity index (χ2n) is 4.60. The molecular formula is C12H23NO4. The Kier molecular flexibility index (Phi) is 5.88. The zero-order chi connectivity index (χ0) is 12.7. The third-order valence-electron chi connectivity index (χ3n) is 2.97. The standard InChI is InChI=1S/C12H23NO4/c1-4-13-12(2,11(14)15-3)9-17-8-10-5-6-16-7-10/h10,13H,4-9H2,1-3H3. The molecule has 17 heavy (non-hydrogen) atoms. The Bertz CT molecular complexity index is 241. The third-order valence-corrected chi connectivity index (χ3v) is 2.97. The number of carbonyl (C=O) groups excluding carboxylic acids is 1. The molecule has 2 atom stereocenters. The number of likely N-dealkylation sites (N-methyl/N-ethyl adjacent to an activating group) is 1. The van der Waals surface area contributed by atoms with Gasteiger partial charge in [-0.3, -0.25) is 0 Å². The molecule has 0 aromatic carbocycles. The normalized spacial score (nSPS) is 23.4. The lowest BCUT2D eigenvalue weighted by molar-refractivity contribution is -0.150. The van der Waals surface area contributed by atoms with Crippen molar-refractivity contribution >= 4 is 5.97 Å². The molecule has 0 saturated carbocycles. The Hall–Kier alpha value is -0.650. The van der Waals surface area contributed by atoms with Gasteiger partial charge in [-0.2, -0.15) is 0 Å². The molecular weight excluding hydrogens is 222 g/mol. The average Bonchev–Trinajstić information content (AvgIpc) is 2.81. The Balaban J connectivity index is 2.35. The Morgan fingerprint density at radius 1 is 1.59 bits per heavy atom. The smallest absolute Gasteiger partial charge is 0.328 e. The van der Waals surface area contributed by atoms with Gasteiger partial charge in [0, 0.05) is 12.5 Å². The van der Waals surface area contributed by atoms with Gasteiger partial charge >= 0.3 is 5.97 Å². The highest BCUT2D eigenvalue weighted by atomic mass is 16.5. The van der Waals surface area contributed by atoms with Gasteiger partial charge in [-0.1, -0.05) is 6.92 Å². The highest BCUT2D eigenvalue weighted by molar-refractivity contribution is 5.80. The molecule has 100 valence electrons. The number of ether oxygens (including phenoxy) is 3. The minimum atomic E-state index is -0.761. The van der Waals surface area contributed by atoms with E-state index in [1.165, 1.54) is 7.11 Å². The molecule has 2 unspecified atom stereocenters. The van der Waals surface area contributed by atoms with Gasteiger partial charge < -0.3 is 19.5 Å². The number of hydrogen-bond donors (Lipinski definition) is 1. The van der Waals surface area contributed by atoms with E-state index in [9.17, 15) is 4.79 Å². The van der Waals surface area contributed by atoms with Crippen LogP contribution in [0.4, 0.5) is 0 Å². The summed E-state index contributed by atoms with van der Waals surface area (Å²) in [6, 6.07) is 0. The van der Waals surface area contributed by atoms with Crippen LogP contribution in [-0.2, 0) is 19.0 Å². The lowest BCUT2D eigenvalue weighted by Crippen LogP contribution is -2.53. The lowest BCUT2D eigenvalue weighted by Gasteiger charge is -2.27. The van der Waals surface area contributed by atoms with Gasteiger partial charge in [0.1, 0.15) is 5.54 Å². The molecule has 1 fully saturated rings. The molecule has 1 aliphatic heterocycles. The second-order valence-corrected chi connectivity index (χ2v) is 4.60. The highest BCUT2D eigenvalue weighted by Crippen LogP contribution is 2.14. The van der Waals surface area contributed by atoms with Crippen molar-refractivity contribution in [2.45, 2.75) is 25.8 Å². The van der Waals surface area contributed by atoms with Crippen LogP contribution in [0.25, 0.3) is 0 Å². The first-order valence-corrected chi connectivity index (χ1v) is 6.11. The quantitative estimate of drug-likeness (QED) is 0.665. The average molecular weight is 245 g/mol. The van der Waals surface area contributed by atoms with E-state index >= 15 is 0 Å². The molecule has 1 N–H and O–H groups in total. The summed E-state index contributed by atoms with van der Waals surface area (Å²) in [6.45, 7) is 6.98. The summed E-state index contributed by atoms with van der Waals surface area (Å²) in [5.74, 6) is 0.167. The number of esters is 1. The summed E-state index contributed by atoms with van der Waals surface area (Å²) in [4.78, 5) is 11.7. The van der Waals surface area contributed by atoms with Crippen molar-refractivity contribution in [2.75, 3.05) is 40.1 Å². The van der Waals surface area contributed by atoms with Crippen LogP contribution in [0.3, 0.4) is 0 Å².